The van der Waals surface area contributed by atoms with Crippen LogP contribution in [0.1, 0.15) is 12.8 Å². The topological polar surface area (TPSA) is 62.7 Å². The van der Waals surface area contributed by atoms with E-state index in [-0.39, 0.29) is 16.7 Å². The molecule has 0 atom stereocenters. The highest BCUT2D eigenvalue weighted by Crippen LogP contribution is 2.38. The Morgan fingerprint density at radius 3 is 2.50 bits per heavy atom. The van der Waals surface area contributed by atoms with Crippen LogP contribution in [0.5, 0.6) is 0 Å². The van der Waals surface area contributed by atoms with Crippen LogP contribution in [0.15, 0.2) is 59.8 Å². The smallest absolute Gasteiger partial charge is 0.351 e. The standard InChI is InChI=1S/C19H16F3N5S/c20-19(21,22)28-15-3-1-2-14(10-15)24-17-11-16(12-6-8-23-9-7-12)26-18(27-17)25-13-4-5-13/h1-3,6-11,13H,4-5H2,(H2,24,25,26,27). The molecule has 9 heteroatoms. The highest BCUT2D eigenvalue weighted by molar-refractivity contribution is 8.00. The molecule has 5 nitrogen and oxygen atoms in total. The van der Waals surface area contributed by atoms with E-state index in [0.717, 1.165) is 18.4 Å². The van der Waals surface area contributed by atoms with E-state index >= 15 is 0 Å². The summed E-state index contributed by atoms with van der Waals surface area (Å²) < 4.78 is 37.9. The molecule has 0 saturated heterocycles. The van der Waals surface area contributed by atoms with E-state index in [9.17, 15) is 13.2 Å². The molecule has 0 amide bonds. The fourth-order valence-corrected chi connectivity index (χ4v) is 3.18. The van der Waals surface area contributed by atoms with Crippen LogP contribution >= 0.6 is 11.8 Å². The van der Waals surface area contributed by atoms with Crippen molar-refractivity contribution in [3.63, 3.8) is 0 Å². The van der Waals surface area contributed by atoms with E-state index in [2.05, 4.69) is 25.6 Å². The van der Waals surface area contributed by atoms with Gasteiger partial charge >= 0.3 is 5.51 Å². The number of aromatic nitrogens is 3. The highest BCUT2D eigenvalue weighted by Gasteiger charge is 2.29. The maximum absolute atomic E-state index is 12.6. The minimum Gasteiger partial charge on any atom is -0.351 e. The summed E-state index contributed by atoms with van der Waals surface area (Å²) in [6, 6.07) is 11.9. The van der Waals surface area contributed by atoms with Crippen LogP contribution in [-0.2, 0) is 0 Å². The summed E-state index contributed by atoms with van der Waals surface area (Å²) in [7, 11) is 0. The fourth-order valence-electron chi connectivity index (χ4n) is 2.58. The third kappa shape index (κ3) is 5.13. The average molecular weight is 403 g/mol. The summed E-state index contributed by atoms with van der Waals surface area (Å²) in [6.07, 6.45) is 5.50. The number of alkyl halides is 3. The van der Waals surface area contributed by atoms with Crippen LogP contribution in [-0.4, -0.2) is 26.5 Å². The first kappa shape index (κ1) is 18.5. The van der Waals surface area contributed by atoms with Gasteiger partial charge in [0.25, 0.3) is 0 Å². The van der Waals surface area contributed by atoms with Crippen LogP contribution in [0.3, 0.4) is 0 Å². The SMILES string of the molecule is FC(F)(F)Sc1cccc(Nc2cc(-c3ccncc3)nc(NC3CC3)n2)c1. The van der Waals surface area contributed by atoms with E-state index in [1.165, 1.54) is 12.1 Å². The third-order valence-electron chi connectivity index (χ3n) is 3.95. The molecule has 1 aliphatic carbocycles. The molecule has 1 aliphatic rings. The normalized spacial score (nSPS) is 14.0. The lowest BCUT2D eigenvalue weighted by molar-refractivity contribution is -0.0328. The van der Waals surface area contributed by atoms with Crippen molar-refractivity contribution < 1.29 is 13.2 Å². The average Bonchev–Trinajstić information content (AvgIpc) is 3.45. The summed E-state index contributed by atoms with van der Waals surface area (Å²) in [5.74, 6) is 0.985. The minimum absolute atomic E-state index is 0.109. The molecule has 0 unspecified atom stereocenters. The maximum Gasteiger partial charge on any atom is 0.446 e. The second-order valence-corrected chi connectivity index (χ2v) is 7.46. The number of halogens is 3. The Labute approximate surface area is 163 Å². The van der Waals surface area contributed by atoms with Crippen molar-refractivity contribution in [2.24, 2.45) is 0 Å². The molecule has 0 spiro atoms. The highest BCUT2D eigenvalue weighted by atomic mass is 32.2. The van der Waals surface area contributed by atoms with Crippen LogP contribution in [0, 0.1) is 0 Å². The van der Waals surface area contributed by atoms with Crippen LogP contribution in [0.2, 0.25) is 0 Å². The Hall–Kier alpha value is -2.81. The number of anilines is 3. The van der Waals surface area contributed by atoms with Gasteiger partial charge in [-0.1, -0.05) is 6.07 Å². The molecule has 1 saturated carbocycles. The quantitative estimate of drug-likeness (QED) is 0.532. The number of hydrogen-bond acceptors (Lipinski definition) is 6. The predicted octanol–water partition coefficient (Wildman–Crippen LogP) is 5.47. The maximum atomic E-state index is 12.6. The van der Waals surface area contributed by atoms with Gasteiger partial charge in [0.05, 0.1) is 5.69 Å². The summed E-state index contributed by atoms with van der Waals surface area (Å²) in [6.45, 7) is 0. The number of pyridine rings is 1. The van der Waals surface area contributed by atoms with Crippen molar-refractivity contribution in [2.75, 3.05) is 10.6 Å². The second kappa shape index (κ2) is 7.67. The van der Waals surface area contributed by atoms with Crippen molar-refractivity contribution in [3.8, 4) is 11.3 Å². The van der Waals surface area contributed by atoms with Gasteiger partial charge in [-0.05, 0) is 54.9 Å². The number of hydrogen-bond donors (Lipinski definition) is 2. The first-order valence-corrected chi connectivity index (χ1v) is 9.45. The largest absolute Gasteiger partial charge is 0.446 e. The first-order valence-electron chi connectivity index (χ1n) is 8.63. The van der Waals surface area contributed by atoms with Gasteiger partial charge in [0.2, 0.25) is 5.95 Å². The lowest BCUT2D eigenvalue weighted by Gasteiger charge is -2.12. The first-order chi connectivity index (χ1) is 13.4. The second-order valence-electron chi connectivity index (χ2n) is 6.32. The molecule has 4 rings (SSSR count). The van der Waals surface area contributed by atoms with Gasteiger partial charge in [0.15, 0.2) is 0 Å². The predicted molar refractivity (Wildman–Crippen MR) is 104 cm³/mol. The molecule has 0 aliphatic heterocycles. The lowest BCUT2D eigenvalue weighted by atomic mass is 10.2. The number of nitrogens with zero attached hydrogens (tertiary/aromatic N) is 3. The molecule has 144 valence electrons. The lowest BCUT2D eigenvalue weighted by Crippen LogP contribution is -2.07. The zero-order valence-corrected chi connectivity index (χ0v) is 15.4. The molecule has 1 fully saturated rings. The molecule has 2 N–H and O–H groups in total. The Morgan fingerprint density at radius 2 is 1.79 bits per heavy atom. The summed E-state index contributed by atoms with van der Waals surface area (Å²) in [5, 5.41) is 6.35. The van der Waals surface area contributed by atoms with Crippen molar-refractivity contribution >= 4 is 29.2 Å². The summed E-state index contributed by atoms with van der Waals surface area (Å²) in [4.78, 5) is 13.1. The van der Waals surface area contributed by atoms with Gasteiger partial charge in [-0.25, -0.2) is 4.98 Å². The summed E-state index contributed by atoms with van der Waals surface area (Å²) >= 11 is -0.147. The zero-order chi connectivity index (χ0) is 19.6. The van der Waals surface area contributed by atoms with Gasteiger partial charge in [0.1, 0.15) is 5.82 Å². The van der Waals surface area contributed by atoms with Crippen LogP contribution in [0.4, 0.5) is 30.6 Å². The van der Waals surface area contributed by atoms with Crippen molar-refractivity contribution in [2.45, 2.75) is 29.3 Å². The zero-order valence-electron chi connectivity index (χ0n) is 14.6. The van der Waals surface area contributed by atoms with Crippen molar-refractivity contribution in [1.29, 1.82) is 0 Å². The van der Waals surface area contributed by atoms with Crippen LogP contribution < -0.4 is 10.6 Å². The van der Waals surface area contributed by atoms with Gasteiger partial charge in [-0.2, -0.15) is 18.2 Å². The van der Waals surface area contributed by atoms with Crippen LogP contribution in [0.25, 0.3) is 11.3 Å². The molecule has 28 heavy (non-hydrogen) atoms. The van der Waals surface area contributed by atoms with Gasteiger partial charge in [0, 0.05) is 40.6 Å². The van der Waals surface area contributed by atoms with E-state index in [1.54, 1.807) is 30.6 Å². The molecule has 3 aromatic rings. The third-order valence-corrected chi connectivity index (χ3v) is 4.67. The molecule has 1 aromatic carbocycles. The Kier molecular flexibility index (Phi) is 5.08. The number of nitrogens with one attached hydrogen (secondary N) is 2. The Balaban J connectivity index is 1.62. The molecule has 2 heterocycles. The minimum atomic E-state index is -4.33. The molecular weight excluding hydrogens is 387 g/mol. The monoisotopic (exact) mass is 403 g/mol. The van der Waals surface area contributed by atoms with Crippen molar-refractivity contribution in [3.05, 3.63) is 54.9 Å². The van der Waals surface area contributed by atoms with Gasteiger partial charge in [-0.15, -0.1) is 0 Å². The van der Waals surface area contributed by atoms with Crippen molar-refractivity contribution in [1.82, 2.24) is 15.0 Å². The van der Waals surface area contributed by atoms with E-state index in [1.807, 2.05) is 12.1 Å². The van der Waals surface area contributed by atoms with Gasteiger partial charge < -0.3 is 10.6 Å². The number of rotatable bonds is 6. The Morgan fingerprint density at radius 1 is 1.00 bits per heavy atom. The Bertz CT molecular complexity index is 961. The summed E-state index contributed by atoms with van der Waals surface area (Å²) in [5.41, 5.74) is -2.24. The van der Waals surface area contributed by atoms with E-state index < -0.39 is 5.51 Å². The fraction of sp³-hybridized carbons (Fsp3) is 0.211. The molecular formula is C19H16F3N5S. The molecule has 2 aromatic heterocycles. The van der Waals surface area contributed by atoms with Gasteiger partial charge in [-0.3, -0.25) is 4.98 Å². The number of benzene rings is 1. The van der Waals surface area contributed by atoms with E-state index in [4.69, 9.17) is 0 Å². The molecule has 0 radical (unpaired) electrons. The molecule has 0 bridgehead atoms. The number of thioether (sulfide) groups is 1. The van der Waals surface area contributed by atoms with E-state index in [0.29, 0.717) is 29.2 Å².